The molecule has 0 amide bonds. The molecule has 14 heavy (non-hydrogen) atoms. The van der Waals surface area contributed by atoms with Gasteiger partial charge < -0.3 is 5.32 Å². The first-order valence-corrected chi connectivity index (χ1v) is 4.47. The topological polar surface area (TPSA) is 12.0 Å². The Bertz CT molecular complexity index is 276. The van der Waals surface area contributed by atoms with Gasteiger partial charge in [0, 0.05) is 12.2 Å². The zero-order chi connectivity index (χ0) is 9.90. The van der Waals surface area contributed by atoms with E-state index in [0.29, 0.717) is 0 Å². The van der Waals surface area contributed by atoms with Crippen LogP contribution in [0.25, 0.3) is 0 Å². The molecule has 0 heterocycles. The molecule has 0 spiro atoms. The molecule has 0 unspecified atom stereocenters. The number of halogens is 1. The lowest BCUT2D eigenvalue weighted by atomic mass is 9.97. The van der Waals surface area contributed by atoms with Crippen LogP contribution >= 0.6 is 0 Å². The first-order valence-electron chi connectivity index (χ1n) is 4.47. The summed E-state index contributed by atoms with van der Waals surface area (Å²) in [6, 6.07) is 6.53. The number of anilines is 1. The molecule has 0 atom stereocenters. The van der Waals surface area contributed by atoms with E-state index in [1.54, 1.807) is 6.07 Å². The molecular formula is C12H20FN. The first-order chi connectivity index (χ1) is 5.97. The molecule has 2 heteroatoms. The van der Waals surface area contributed by atoms with Crippen molar-refractivity contribution in [1.82, 2.24) is 0 Å². The van der Waals surface area contributed by atoms with Gasteiger partial charge in [-0.2, -0.15) is 0 Å². The van der Waals surface area contributed by atoms with Gasteiger partial charge >= 0.3 is 0 Å². The second kappa shape index (κ2) is 4.99. The molecule has 0 saturated heterocycles. The number of hydrogen-bond acceptors (Lipinski definition) is 1. The maximum Gasteiger partial charge on any atom is 0.125 e. The molecule has 80 valence electrons. The van der Waals surface area contributed by atoms with E-state index in [1.165, 1.54) is 12.1 Å². The predicted molar refractivity (Wildman–Crippen MR) is 61.1 cm³/mol. The van der Waals surface area contributed by atoms with Crippen LogP contribution in [0.1, 0.15) is 28.2 Å². The van der Waals surface area contributed by atoms with Crippen LogP contribution in [-0.2, 0) is 0 Å². The number of rotatable bonds is 2. The van der Waals surface area contributed by atoms with E-state index in [-0.39, 0.29) is 18.7 Å². The molecule has 0 fully saturated rings. The highest BCUT2D eigenvalue weighted by molar-refractivity contribution is 5.43. The first kappa shape index (κ1) is 12.9. The second-order valence-corrected chi connectivity index (χ2v) is 4.42. The van der Waals surface area contributed by atoms with E-state index >= 15 is 0 Å². The minimum atomic E-state index is -0.195. The Morgan fingerprint density at radius 3 is 2.43 bits per heavy atom. The third-order valence-electron chi connectivity index (χ3n) is 1.65. The van der Waals surface area contributed by atoms with Crippen LogP contribution in [0.2, 0.25) is 0 Å². The largest absolute Gasteiger partial charge is 0.384 e. The van der Waals surface area contributed by atoms with Gasteiger partial charge in [0.2, 0.25) is 0 Å². The van der Waals surface area contributed by atoms with Gasteiger partial charge in [0.25, 0.3) is 0 Å². The summed E-state index contributed by atoms with van der Waals surface area (Å²) >= 11 is 0. The Balaban J connectivity index is 0.00000169. The smallest absolute Gasteiger partial charge is 0.125 e. The fraction of sp³-hybridized carbons (Fsp3) is 0.500. The van der Waals surface area contributed by atoms with Crippen LogP contribution in [0.4, 0.5) is 10.1 Å². The van der Waals surface area contributed by atoms with E-state index in [9.17, 15) is 4.39 Å². The Kier molecular flexibility index (Phi) is 4.61. The molecule has 0 saturated carbocycles. The zero-order valence-electron chi connectivity index (χ0n) is 8.39. The van der Waals surface area contributed by atoms with Gasteiger partial charge in [0.15, 0.2) is 0 Å². The van der Waals surface area contributed by atoms with E-state index in [2.05, 4.69) is 26.1 Å². The average molecular weight is 197 g/mol. The quantitative estimate of drug-likeness (QED) is 0.757. The van der Waals surface area contributed by atoms with Crippen molar-refractivity contribution in [3.63, 3.8) is 0 Å². The molecule has 1 N–H and O–H groups in total. The van der Waals surface area contributed by atoms with Gasteiger partial charge in [0.05, 0.1) is 0 Å². The average Bonchev–Trinajstić information content (AvgIpc) is 2.00. The van der Waals surface area contributed by atoms with Crippen LogP contribution in [0.5, 0.6) is 0 Å². The summed E-state index contributed by atoms with van der Waals surface area (Å²) < 4.78 is 12.7. The molecule has 1 aromatic rings. The summed E-state index contributed by atoms with van der Waals surface area (Å²) in [4.78, 5) is 0. The molecule has 0 radical (unpaired) electrons. The highest BCUT2D eigenvalue weighted by Gasteiger charge is 2.09. The normalized spacial score (nSPS) is 10.6. The van der Waals surface area contributed by atoms with Gasteiger partial charge in [-0.1, -0.05) is 34.3 Å². The maximum atomic E-state index is 12.7. The molecular weight excluding hydrogens is 177 g/mol. The van der Waals surface area contributed by atoms with Crippen molar-refractivity contribution in [2.75, 3.05) is 11.9 Å². The summed E-state index contributed by atoms with van der Waals surface area (Å²) in [5, 5.41) is 3.19. The van der Waals surface area contributed by atoms with Crippen molar-refractivity contribution in [3.05, 3.63) is 30.1 Å². The van der Waals surface area contributed by atoms with Crippen molar-refractivity contribution >= 4 is 5.69 Å². The van der Waals surface area contributed by atoms with Crippen LogP contribution < -0.4 is 5.32 Å². The van der Waals surface area contributed by atoms with E-state index in [0.717, 1.165) is 12.2 Å². The lowest BCUT2D eigenvalue weighted by molar-refractivity contribution is 0.443. The third-order valence-corrected chi connectivity index (χ3v) is 1.65. The van der Waals surface area contributed by atoms with Crippen LogP contribution in [0.15, 0.2) is 24.3 Å². The van der Waals surface area contributed by atoms with Gasteiger partial charge in [-0.25, -0.2) is 4.39 Å². The standard InChI is InChI=1S/C11H16FN.CH4/c1-11(2,3)8-13-10-6-4-5-9(12)7-10;/h4-7,13H,8H2,1-3H3;1H4. The molecule has 0 aliphatic heterocycles. The Morgan fingerprint density at radius 2 is 1.93 bits per heavy atom. The molecule has 0 bridgehead atoms. The lowest BCUT2D eigenvalue weighted by Gasteiger charge is -2.19. The zero-order valence-corrected chi connectivity index (χ0v) is 8.39. The summed E-state index contributed by atoms with van der Waals surface area (Å²) in [6.07, 6.45) is 0. The van der Waals surface area contributed by atoms with Crippen LogP contribution in [0.3, 0.4) is 0 Å². The van der Waals surface area contributed by atoms with Crippen molar-refractivity contribution in [2.45, 2.75) is 28.2 Å². The Hall–Kier alpha value is -1.05. The fourth-order valence-electron chi connectivity index (χ4n) is 0.966. The highest BCUT2D eigenvalue weighted by Crippen LogP contribution is 2.15. The van der Waals surface area contributed by atoms with E-state index < -0.39 is 0 Å². The third kappa shape index (κ3) is 4.85. The monoisotopic (exact) mass is 197 g/mol. The van der Waals surface area contributed by atoms with Crippen molar-refractivity contribution < 1.29 is 4.39 Å². The Morgan fingerprint density at radius 1 is 1.29 bits per heavy atom. The molecule has 1 nitrogen and oxygen atoms in total. The minimum Gasteiger partial charge on any atom is -0.384 e. The van der Waals surface area contributed by atoms with Crippen molar-refractivity contribution in [2.24, 2.45) is 5.41 Å². The predicted octanol–water partition coefficient (Wildman–Crippen LogP) is 3.92. The molecule has 0 aliphatic rings. The van der Waals surface area contributed by atoms with E-state index in [1.807, 2.05) is 6.07 Å². The summed E-state index contributed by atoms with van der Waals surface area (Å²) in [6.45, 7) is 7.26. The minimum absolute atomic E-state index is 0. The van der Waals surface area contributed by atoms with Gasteiger partial charge in [-0.15, -0.1) is 0 Å². The van der Waals surface area contributed by atoms with Crippen molar-refractivity contribution in [3.8, 4) is 0 Å². The summed E-state index contributed by atoms with van der Waals surface area (Å²) in [5.41, 5.74) is 1.06. The maximum absolute atomic E-state index is 12.7. The number of hydrogen-bond donors (Lipinski definition) is 1. The summed E-state index contributed by atoms with van der Waals surface area (Å²) in [5.74, 6) is -0.195. The van der Waals surface area contributed by atoms with Crippen LogP contribution in [0, 0.1) is 11.2 Å². The van der Waals surface area contributed by atoms with Gasteiger partial charge in [-0.05, 0) is 23.6 Å². The number of nitrogens with one attached hydrogen (secondary N) is 1. The SMILES string of the molecule is C.CC(C)(C)CNc1cccc(F)c1. The molecule has 0 aliphatic carbocycles. The highest BCUT2D eigenvalue weighted by atomic mass is 19.1. The van der Waals surface area contributed by atoms with Crippen LogP contribution in [-0.4, -0.2) is 6.54 Å². The fourth-order valence-corrected chi connectivity index (χ4v) is 0.966. The lowest BCUT2D eigenvalue weighted by Crippen LogP contribution is -2.18. The molecule has 0 aromatic heterocycles. The van der Waals surface area contributed by atoms with Crippen molar-refractivity contribution in [1.29, 1.82) is 0 Å². The summed E-state index contributed by atoms with van der Waals surface area (Å²) in [7, 11) is 0. The van der Waals surface area contributed by atoms with Gasteiger partial charge in [0.1, 0.15) is 5.82 Å². The number of benzene rings is 1. The molecule has 1 rings (SSSR count). The second-order valence-electron chi connectivity index (χ2n) is 4.42. The van der Waals surface area contributed by atoms with Gasteiger partial charge in [-0.3, -0.25) is 0 Å². The van der Waals surface area contributed by atoms with E-state index in [4.69, 9.17) is 0 Å². The Labute approximate surface area is 86.3 Å². The molecule has 1 aromatic carbocycles.